The Morgan fingerprint density at radius 1 is 1.16 bits per heavy atom. The largest absolute Gasteiger partial charge is 0.588 e. The summed E-state index contributed by atoms with van der Waals surface area (Å²) in [4.78, 5) is 21.0. The van der Waals surface area contributed by atoms with Crippen molar-refractivity contribution < 1.29 is 23.9 Å². The first-order chi connectivity index (χ1) is 20.7. The molecule has 0 radical (unpaired) electrons. The van der Waals surface area contributed by atoms with Gasteiger partial charge in [-0.15, -0.1) is 0 Å². The standard InChI is InChI=1S/C34H46N4O5S/c1-22-11-8-12-23(2)30(22)27-18-29(37-32(36-27)38-44(41)26-14-9-13-24(17-26)31(39)40)43-21-25(19-33(3,4)5)35-20-28-34(6,7)15-10-16-42-28/h8-9,11-14,17-18,25,28,35H,10,15-16,19-21H2,1-7H3,(H,39,40)(H,36,37,38). The van der Waals surface area contributed by atoms with Crippen LogP contribution in [0.25, 0.3) is 11.3 Å². The monoisotopic (exact) mass is 622 g/mol. The van der Waals surface area contributed by atoms with Crippen molar-refractivity contribution in [3.05, 3.63) is 65.2 Å². The normalized spacial score (nSPS) is 18.0. The molecule has 3 N–H and O–H groups in total. The number of rotatable bonds is 12. The molecule has 9 nitrogen and oxygen atoms in total. The van der Waals surface area contributed by atoms with Crippen molar-refractivity contribution in [3.8, 4) is 17.1 Å². The highest BCUT2D eigenvalue weighted by atomic mass is 32.2. The molecular formula is C34H46N4O5S. The predicted molar refractivity (Wildman–Crippen MR) is 174 cm³/mol. The second-order valence-electron chi connectivity index (χ2n) is 13.5. The molecule has 1 saturated heterocycles. The van der Waals surface area contributed by atoms with Crippen LogP contribution in [0, 0.1) is 24.7 Å². The second kappa shape index (κ2) is 14.3. The molecule has 3 unspecified atom stereocenters. The van der Waals surface area contributed by atoms with Crippen molar-refractivity contribution in [1.29, 1.82) is 0 Å². The fraction of sp³-hybridized carbons (Fsp3) is 0.500. The summed E-state index contributed by atoms with van der Waals surface area (Å²) < 4.78 is 28.6. The van der Waals surface area contributed by atoms with Gasteiger partial charge in [-0.1, -0.05) is 58.9 Å². The van der Waals surface area contributed by atoms with Crippen molar-refractivity contribution in [2.75, 3.05) is 24.5 Å². The van der Waals surface area contributed by atoms with Gasteiger partial charge in [0, 0.05) is 36.9 Å². The number of carbonyl (C=O) groups is 1. The van der Waals surface area contributed by atoms with E-state index >= 15 is 0 Å². The lowest BCUT2D eigenvalue weighted by atomic mass is 9.80. The third kappa shape index (κ3) is 9.17. The lowest BCUT2D eigenvalue weighted by molar-refractivity contribution is -0.0673. The molecule has 0 amide bonds. The molecule has 0 aliphatic carbocycles. The molecule has 10 heteroatoms. The van der Waals surface area contributed by atoms with Gasteiger partial charge in [0.2, 0.25) is 5.88 Å². The van der Waals surface area contributed by atoms with Gasteiger partial charge in [-0.2, -0.15) is 9.71 Å². The van der Waals surface area contributed by atoms with E-state index in [1.807, 2.05) is 38.1 Å². The SMILES string of the molecule is Cc1cccc(C)c1-c1cc(OCC(CC(C)(C)C)NCC2OCCCC2(C)C)nc(N[S+]([O-])c2cccc(C(=O)O)c2)n1. The number of anilines is 1. The number of benzene rings is 2. The number of aromatic nitrogens is 2. The fourth-order valence-corrected chi connectivity index (χ4v) is 6.45. The van der Waals surface area contributed by atoms with Gasteiger partial charge in [-0.05, 0) is 67.2 Å². The number of nitrogens with zero attached hydrogens (tertiary/aromatic N) is 2. The minimum absolute atomic E-state index is 0.0410. The van der Waals surface area contributed by atoms with E-state index in [0.717, 1.165) is 49.1 Å². The summed E-state index contributed by atoms with van der Waals surface area (Å²) in [6.07, 6.45) is 3.23. The van der Waals surface area contributed by atoms with Crippen LogP contribution in [0.3, 0.4) is 0 Å². The zero-order valence-electron chi connectivity index (χ0n) is 26.9. The van der Waals surface area contributed by atoms with Crippen molar-refractivity contribution in [1.82, 2.24) is 15.3 Å². The molecule has 2 aromatic carbocycles. The lowest BCUT2D eigenvalue weighted by Gasteiger charge is -2.39. The fourth-order valence-electron chi connectivity index (χ4n) is 5.64. The maximum atomic E-state index is 13.3. The number of nitrogens with one attached hydrogen (secondary N) is 2. The summed E-state index contributed by atoms with van der Waals surface area (Å²) in [5.74, 6) is -0.617. The number of aryl methyl sites for hydroxylation is 2. The number of ether oxygens (including phenoxy) is 2. The summed E-state index contributed by atoms with van der Waals surface area (Å²) in [5.41, 5.74) is 3.88. The zero-order valence-corrected chi connectivity index (χ0v) is 27.7. The highest BCUT2D eigenvalue weighted by Crippen LogP contribution is 2.33. The van der Waals surface area contributed by atoms with Crippen molar-refractivity contribution >= 4 is 23.3 Å². The summed E-state index contributed by atoms with van der Waals surface area (Å²) >= 11 is -1.80. The van der Waals surface area contributed by atoms with Crippen LogP contribution in [0.2, 0.25) is 0 Å². The summed E-state index contributed by atoms with van der Waals surface area (Å²) in [6.45, 7) is 17.1. The quantitative estimate of drug-likeness (QED) is 0.192. The number of carboxylic acids is 1. The average Bonchev–Trinajstić information content (AvgIpc) is 2.94. The van der Waals surface area contributed by atoms with Crippen LogP contribution in [0.15, 0.2) is 53.4 Å². The Bertz CT molecular complexity index is 1420. The molecule has 4 rings (SSSR count). The Hall–Kier alpha value is -3.18. The van der Waals surface area contributed by atoms with E-state index in [1.165, 1.54) is 12.1 Å². The first-order valence-electron chi connectivity index (χ1n) is 15.2. The molecule has 0 bridgehead atoms. The van der Waals surface area contributed by atoms with Gasteiger partial charge in [0.15, 0.2) is 4.90 Å². The van der Waals surface area contributed by atoms with Crippen LogP contribution in [-0.2, 0) is 16.1 Å². The Kier molecular flexibility index (Phi) is 10.9. The minimum Gasteiger partial charge on any atom is -0.588 e. The van der Waals surface area contributed by atoms with Crippen LogP contribution >= 0.6 is 0 Å². The second-order valence-corrected chi connectivity index (χ2v) is 14.7. The maximum absolute atomic E-state index is 13.3. The van der Waals surface area contributed by atoms with Gasteiger partial charge in [-0.3, -0.25) is 0 Å². The van der Waals surface area contributed by atoms with Crippen molar-refractivity contribution in [2.24, 2.45) is 10.8 Å². The van der Waals surface area contributed by atoms with Crippen LogP contribution in [0.5, 0.6) is 5.88 Å². The van der Waals surface area contributed by atoms with E-state index in [4.69, 9.17) is 14.5 Å². The molecule has 44 heavy (non-hydrogen) atoms. The van der Waals surface area contributed by atoms with Crippen LogP contribution in [0.1, 0.15) is 75.4 Å². The highest BCUT2D eigenvalue weighted by Gasteiger charge is 2.34. The van der Waals surface area contributed by atoms with Crippen LogP contribution in [0.4, 0.5) is 5.95 Å². The van der Waals surface area contributed by atoms with E-state index in [1.54, 1.807) is 12.1 Å². The first kappa shape index (κ1) is 33.7. The maximum Gasteiger partial charge on any atom is 0.335 e. The van der Waals surface area contributed by atoms with Gasteiger partial charge in [0.25, 0.3) is 5.95 Å². The number of carboxylic acid groups (broad SMARTS) is 1. The molecule has 0 spiro atoms. The summed E-state index contributed by atoms with van der Waals surface area (Å²) in [5, 5.41) is 13.1. The third-order valence-electron chi connectivity index (χ3n) is 7.96. The van der Waals surface area contributed by atoms with Gasteiger partial charge >= 0.3 is 5.97 Å². The first-order valence-corrected chi connectivity index (χ1v) is 16.3. The van der Waals surface area contributed by atoms with E-state index in [0.29, 0.717) is 23.1 Å². The van der Waals surface area contributed by atoms with E-state index in [9.17, 15) is 14.5 Å². The Morgan fingerprint density at radius 3 is 2.52 bits per heavy atom. The smallest absolute Gasteiger partial charge is 0.335 e. The Morgan fingerprint density at radius 2 is 1.86 bits per heavy atom. The van der Waals surface area contributed by atoms with Crippen LogP contribution < -0.4 is 14.8 Å². The molecule has 1 aromatic heterocycles. The van der Waals surface area contributed by atoms with Gasteiger partial charge in [0.1, 0.15) is 18.0 Å². The average molecular weight is 623 g/mol. The molecule has 2 heterocycles. The molecule has 3 atom stereocenters. The number of hydrogen-bond donors (Lipinski definition) is 3. The molecule has 1 aliphatic rings. The van der Waals surface area contributed by atoms with Crippen LogP contribution in [-0.4, -0.2) is 57.5 Å². The van der Waals surface area contributed by atoms with E-state index < -0.39 is 17.3 Å². The number of aromatic carboxylic acids is 1. The van der Waals surface area contributed by atoms with Crippen molar-refractivity contribution in [3.63, 3.8) is 0 Å². The van der Waals surface area contributed by atoms with E-state index in [2.05, 4.69) is 49.6 Å². The summed E-state index contributed by atoms with van der Waals surface area (Å²) in [6, 6.07) is 13.9. The minimum atomic E-state index is -1.80. The number of hydrogen-bond acceptors (Lipinski definition) is 8. The molecule has 238 valence electrons. The van der Waals surface area contributed by atoms with Gasteiger partial charge < -0.3 is 24.4 Å². The van der Waals surface area contributed by atoms with E-state index in [-0.39, 0.29) is 34.5 Å². The predicted octanol–water partition coefficient (Wildman–Crippen LogP) is 6.57. The Labute approximate surface area is 264 Å². The van der Waals surface area contributed by atoms with Gasteiger partial charge in [0.05, 0.1) is 17.4 Å². The molecule has 0 saturated carbocycles. The zero-order chi connectivity index (χ0) is 32.1. The lowest BCUT2D eigenvalue weighted by Crippen LogP contribution is -2.48. The topological polar surface area (TPSA) is 129 Å². The van der Waals surface area contributed by atoms with Crippen molar-refractivity contribution in [2.45, 2.75) is 84.8 Å². The Balaban J connectivity index is 1.60. The van der Waals surface area contributed by atoms with Gasteiger partial charge in [-0.25, -0.2) is 9.78 Å². The molecule has 1 fully saturated rings. The molecule has 1 aliphatic heterocycles. The third-order valence-corrected chi connectivity index (χ3v) is 9.01. The summed E-state index contributed by atoms with van der Waals surface area (Å²) in [7, 11) is 0. The molecule has 3 aromatic rings. The molecular weight excluding hydrogens is 576 g/mol. The highest BCUT2D eigenvalue weighted by molar-refractivity contribution is 7.92.